The van der Waals surface area contributed by atoms with Crippen molar-refractivity contribution >= 4 is 35.6 Å². The van der Waals surface area contributed by atoms with Crippen molar-refractivity contribution in [1.29, 1.82) is 0 Å². The first kappa shape index (κ1) is 27.1. The molecule has 0 aliphatic carbocycles. The number of guanidine groups is 1. The smallest absolute Gasteiger partial charge is 0.191 e. The number of aliphatic imine (C=N–C) groups is 1. The first-order valence-electron chi connectivity index (χ1n) is 12.0. The minimum Gasteiger partial charge on any atom is -0.396 e. The molecule has 182 valence electrons. The van der Waals surface area contributed by atoms with Gasteiger partial charge >= 0.3 is 0 Å². The quantitative estimate of drug-likeness (QED) is 0.168. The highest BCUT2D eigenvalue weighted by Crippen LogP contribution is 2.32. The minimum absolute atomic E-state index is 0. The molecule has 0 aromatic heterocycles. The third-order valence-electron chi connectivity index (χ3n) is 6.43. The number of unbranched alkanes of at least 4 members (excludes halogenated alkanes) is 1. The van der Waals surface area contributed by atoms with E-state index in [0.29, 0.717) is 13.2 Å². The number of anilines is 1. The molecule has 1 unspecified atom stereocenters. The van der Waals surface area contributed by atoms with E-state index in [0.717, 1.165) is 77.6 Å². The number of hydrogen-bond acceptors (Lipinski definition) is 5. The zero-order valence-electron chi connectivity index (χ0n) is 19.6. The Labute approximate surface area is 211 Å². The predicted octanol–water partition coefficient (Wildman–Crippen LogP) is 2.55. The maximum absolute atomic E-state index is 9.40. The topological polar surface area (TPSA) is 72.4 Å². The Morgan fingerprint density at radius 3 is 2.56 bits per heavy atom. The normalized spacial score (nSPS) is 21.9. The molecule has 2 aliphatic rings. The zero-order chi connectivity index (χ0) is 21.8. The lowest BCUT2D eigenvalue weighted by molar-refractivity contribution is 0.131. The molecule has 0 amide bonds. The Bertz CT molecular complexity index is 647. The number of benzene rings is 1. The largest absolute Gasteiger partial charge is 0.396 e. The van der Waals surface area contributed by atoms with Crippen LogP contribution in [0.2, 0.25) is 0 Å². The van der Waals surface area contributed by atoms with Gasteiger partial charge in [0.05, 0.1) is 13.2 Å². The lowest BCUT2D eigenvalue weighted by Crippen LogP contribution is -2.46. The molecule has 2 heterocycles. The van der Waals surface area contributed by atoms with Crippen molar-refractivity contribution in [3.8, 4) is 0 Å². The molecule has 0 saturated carbocycles. The van der Waals surface area contributed by atoms with Crippen LogP contribution >= 0.6 is 24.0 Å². The van der Waals surface area contributed by atoms with Gasteiger partial charge in [0.2, 0.25) is 0 Å². The summed E-state index contributed by atoms with van der Waals surface area (Å²) in [7, 11) is 0. The fraction of sp³-hybridized carbons (Fsp3) is 0.708. The Hall–Kier alpha value is -1.10. The van der Waals surface area contributed by atoms with Crippen molar-refractivity contribution in [3.05, 3.63) is 30.3 Å². The average molecular weight is 560 g/mol. The van der Waals surface area contributed by atoms with Gasteiger partial charge in [0, 0.05) is 63.6 Å². The molecule has 1 aromatic rings. The summed E-state index contributed by atoms with van der Waals surface area (Å²) in [5, 5.41) is 16.2. The highest BCUT2D eigenvalue weighted by atomic mass is 127. The van der Waals surface area contributed by atoms with Gasteiger partial charge in [0.1, 0.15) is 0 Å². The van der Waals surface area contributed by atoms with E-state index in [-0.39, 0.29) is 36.0 Å². The number of aliphatic hydroxyl groups is 1. The number of nitrogens with zero attached hydrogens (tertiary/aromatic N) is 3. The number of ether oxygens (including phenoxy) is 1. The van der Waals surface area contributed by atoms with Gasteiger partial charge in [0.25, 0.3) is 0 Å². The predicted molar refractivity (Wildman–Crippen MR) is 143 cm³/mol. The average Bonchev–Trinajstić information content (AvgIpc) is 3.27. The maximum atomic E-state index is 9.40. The van der Waals surface area contributed by atoms with Crippen LogP contribution in [0.1, 0.15) is 32.6 Å². The van der Waals surface area contributed by atoms with Crippen molar-refractivity contribution in [2.45, 2.75) is 32.6 Å². The van der Waals surface area contributed by atoms with Crippen LogP contribution in [0.25, 0.3) is 0 Å². The van der Waals surface area contributed by atoms with Gasteiger partial charge in [0.15, 0.2) is 5.96 Å². The van der Waals surface area contributed by atoms with Gasteiger partial charge in [-0.2, -0.15) is 0 Å². The second-order valence-electron chi connectivity index (χ2n) is 8.77. The highest BCUT2D eigenvalue weighted by molar-refractivity contribution is 14.0. The van der Waals surface area contributed by atoms with E-state index in [4.69, 9.17) is 9.73 Å². The van der Waals surface area contributed by atoms with Gasteiger partial charge in [-0.25, -0.2) is 0 Å². The monoisotopic (exact) mass is 559 g/mol. The second-order valence-corrected chi connectivity index (χ2v) is 8.77. The van der Waals surface area contributed by atoms with Gasteiger partial charge in [-0.05, 0) is 51.3 Å². The van der Waals surface area contributed by atoms with Crippen molar-refractivity contribution in [2.75, 3.05) is 77.1 Å². The number of rotatable bonds is 11. The standard InChI is InChI=1S/C24H41N5O2.HI/c1-2-25-23(27-20-24(10-18-30)11-19-31-21-24)26-12-6-7-13-28-14-16-29(17-15-28)22-8-4-3-5-9-22;/h3-5,8-9,30H,2,6-7,10-21H2,1H3,(H2,25,26,27);1H. The number of hydrogen-bond donors (Lipinski definition) is 3. The summed E-state index contributed by atoms with van der Waals surface area (Å²) >= 11 is 0. The Morgan fingerprint density at radius 2 is 1.91 bits per heavy atom. The van der Waals surface area contributed by atoms with Crippen molar-refractivity contribution in [1.82, 2.24) is 15.5 Å². The minimum atomic E-state index is -0.000996. The molecule has 3 rings (SSSR count). The van der Waals surface area contributed by atoms with Crippen molar-refractivity contribution in [3.63, 3.8) is 0 Å². The third-order valence-corrected chi connectivity index (χ3v) is 6.43. The second kappa shape index (κ2) is 14.9. The van der Waals surface area contributed by atoms with Gasteiger partial charge in [-0.1, -0.05) is 18.2 Å². The van der Waals surface area contributed by atoms with Crippen LogP contribution < -0.4 is 15.5 Å². The first-order valence-corrected chi connectivity index (χ1v) is 12.0. The lowest BCUT2D eigenvalue weighted by Gasteiger charge is -2.36. The molecule has 2 fully saturated rings. The third kappa shape index (κ3) is 8.68. The molecule has 1 aromatic carbocycles. The molecule has 2 aliphatic heterocycles. The van der Waals surface area contributed by atoms with Crippen LogP contribution in [0.4, 0.5) is 5.69 Å². The summed E-state index contributed by atoms with van der Waals surface area (Å²) in [6, 6.07) is 10.7. The van der Waals surface area contributed by atoms with Gasteiger partial charge < -0.3 is 25.4 Å². The summed E-state index contributed by atoms with van der Waals surface area (Å²) in [5.74, 6) is 0.878. The molecule has 3 N–H and O–H groups in total. The van der Waals surface area contributed by atoms with Gasteiger partial charge in [-0.15, -0.1) is 24.0 Å². The molecule has 32 heavy (non-hydrogen) atoms. The number of halogens is 1. The van der Waals surface area contributed by atoms with E-state index in [2.05, 4.69) is 57.7 Å². The fourth-order valence-electron chi connectivity index (χ4n) is 4.41. The molecule has 0 spiro atoms. The zero-order valence-corrected chi connectivity index (χ0v) is 21.9. The SMILES string of the molecule is CCNC(=NCC1(CCO)CCOC1)NCCCCN1CCN(c2ccccc2)CC1.I. The molecule has 0 bridgehead atoms. The van der Waals surface area contributed by atoms with E-state index in [1.165, 1.54) is 12.1 Å². The molecule has 1 atom stereocenters. The van der Waals surface area contributed by atoms with E-state index in [1.54, 1.807) is 0 Å². The Morgan fingerprint density at radius 1 is 1.12 bits per heavy atom. The van der Waals surface area contributed by atoms with E-state index >= 15 is 0 Å². The number of nitrogens with one attached hydrogen (secondary N) is 2. The maximum Gasteiger partial charge on any atom is 0.191 e. The number of para-hydroxylation sites is 1. The first-order chi connectivity index (χ1) is 15.2. The molecule has 8 heteroatoms. The van der Waals surface area contributed by atoms with Gasteiger partial charge in [-0.3, -0.25) is 9.89 Å². The molecular formula is C24H42IN5O2. The highest BCUT2D eigenvalue weighted by Gasteiger charge is 2.34. The number of piperazine rings is 1. The molecule has 0 radical (unpaired) electrons. The van der Waals surface area contributed by atoms with Crippen LogP contribution in [0.3, 0.4) is 0 Å². The summed E-state index contributed by atoms with van der Waals surface area (Å²) in [5.41, 5.74) is 1.34. The van der Waals surface area contributed by atoms with Crippen molar-refractivity contribution < 1.29 is 9.84 Å². The molecular weight excluding hydrogens is 517 g/mol. The van der Waals surface area contributed by atoms with Crippen LogP contribution in [0.15, 0.2) is 35.3 Å². The van der Waals surface area contributed by atoms with Crippen LogP contribution in [-0.2, 0) is 4.74 Å². The summed E-state index contributed by atoms with van der Waals surface area (Å²) in [4.78, 5) is 9.86. The van der Waals surface area contributed by atoms with Crippen LogP contribution in [0, 0.1) is 5.41 Å². The van der Waals surface area contributed by atoms with Crippen LogP contribution in [0.5, 0.6) is 0 Å². The van der Waals surface area contributed by atoms with E-state index < -0.39 is 0 Å². The molecule has 7 nitrogen and oxygen atoms in total. The molecule has 2 saturated heterocycles. The Kier molecular flexibility index (Phi) is 12.7. The summed E-state index contributed by atoms with van der Waals surface area (Å²) < 4.78 is 5.58. The summed E-state index contributed by atoms with van der Waals surface area (Å²) in [6.45, 7) is 11.9. The number of aliphatic hydroxyl groups excluding tert-OH is 1. The van der Waals surface area contributed by atoms with E-state index in [9.17, 15) is 5.11 Å². The van der Waals surface area contributed by atoms with Crippen molar-refractivity contribution in [2.24, 2.45) is 10.4 Å². The lowest BCUT2D eigenvalue weighted by atomic mass is 9.84. The summed E-state index contributed by atoms with van der Waals surface area (Å²) in [6.07, 6.45) is 4.07. The fourth-order valence-corrected chi connectivity index (χ4v) is 4.41. The Balaban J connectivity index is 0.00000363. The van der Waals surface area contributed by atoms with Crippen LogP contribution in [-0.4, -0.2) is 88.1 Å². The van der Waals surface area contributed by atoms with E-state index in [1.807, 2.05) is 0 Å².